The molecule has 1 heterocycles. The first-order valence-electron chi connectivity index (χ1n) is 6.27. The van der Waals surface area contributed by atoms with Crippen LogP contribution in [0.2, 0.25) is 0 Å². The minimum atomic E-state index is -0.0209. The molecule has 0 saturated heterocycles. The van der Waals surface area contributed by atoms with Crippen LogP contribution >= 0.6 is 11.3 Å². The number of rotatable bonds is 4. The second kappa shape index (κ2) is 8.70. The smallest absolute Gasteiger partial charge is 0.252 e. The summed E-state index contributed by atoms with van der Waals surface area (Å²) in [6.07, 6.45) is 5.66. The Balaban J connectivity index is 0.00000137. The maximum absolute atomic E-state index is 11.9. The molecular weight excluding hydrogens is 242 g/mol. The van der Waals surface area contributed by atoms with E-state index in [1.807, 2.05) is 52.2 Å². The summed E-state index contributed by atoms with van der Waals surface area (Å²) in [6, 6.07) is 0.151. The molecule has 0 aliphatic carbocycles. The predicted molar refractivity (Wildman–Crippen MR) is 83.1 cm³/mol. The minimum Gasteiger partial charge on any atom is -0.350 e. The fraction of sp³-hybridized carbons (Fsp3) is 0.400. The molecule has 0 unspecified atom stereocenters. The summed E-state index contributed by atoms with van der Waals surface area (Å²) < 4.78 is 0. The Bertz CT molecular complexity index is 416. The van der Waals surface area contributed by atoms with Crippen molar-refractivity contribution in [3.63, 3.8) is 0 Å². The standard InChI is InChI=1S/C13H17NOS.C2H6/c1-5-7-10-11(8-16-12(10)6-2)13(15)14-9(3)4;1-2/h5-9H,2H2,1,3-4H3,(H,14,15);1-2H3/b7-5-;. The van der Waals surface area contributed by atoms with E-state index in [0.717, 1.165) is 16.0 Å². The van der Waals surface area contributed by atoms with Crippen molar-refractivity contribution in [2.75, 3.05) is 0 Å². The molecule has 0 atom stereocenters. The van der Waals surface area contributed by atoms with E-state index in [9.17, 15) is 4.79 Å². The van der Waals surface area contributed by atoms with Crippen LogP contribution in [-0.2, 0) is 0 Å². The SMILES string of the molecule is C=Cc1scc(C(=O)NC(C)C)c1/C=C\C.CC. The summed E-state index contributed by atoms with van der Waals surface area (Å²) in [6.45, 7) is 13.6. The third-order valence-corrected chi connectivity index (χ3v) is 3.04. The zero-order valence-electron chi connectivity index (χ0n) is 11.9. The molecule has 0 aliphatic rings. The number of hydrogen-bond donors (Lipinski definition) is 1. The van der Waals surface area contributed by atoms with Crippen molar-refractivity contribution in [1.82, 2.24) is 5.32 Å². The van der Waals surface area contributed by atoms with Crippen molar-refractivity contribution < 1.29 is 4.79 Å². The summed E-state index contributed by atoms with van der Waals surface area (Å²) >= 11 is 1.54. The van der Waals surface area contributed by atoms with Gasteiger partial charge in [0.05, 0.1) is 5.56 Å². The average Bonchev–Trinajstić information content (AvgIpc) is 2.74. The Hall–Kier alpha value is -1.35. The number of thiophene rings is 1. The van der Waals surface area contributed by atoms with E-state index in [1.165, 1.54) is 0 Å². The number of nitrogens with one attached hydrogen (secondary N) is 1. The molecule has 1 N–H and O–H groups in total. The van der Waals surface area contributed by atoms with Crippen LogP contribution in [0.15, 0.2) is 18.0 Å². The van der Waals surface area contributed by atoms with Crippen molar-refractivity contribution in [2.24, 2.45) is 0 Å². The Morgan fingerprint density at radius 1 is 1.44 bits per heavy atom. The lowest BCUT2D eigenvalue weighted by atomic mass is 10.1. The lowest BCUT2D eigenvalue weighted by molar-refractivity contribution is 0.0943. The second-order valence-corrected chi connectivity index (χ2v) is 4.67. The number of hydrogen-bond acceptors (Lipinski definition) is 2. The molecule has 18 heavy (non-hydrogen) atoms. The first kappa shape index (κ1) is 16.6. The highest BCUT2D eigenvalue weighted by Crippen LogP contribution is 2.25. The van der Waals surface area contributed by atoms with Crippen LogP contribution in [0.1, 0.15) is 55.4 Å². The van der Waals surface area contributed by atoms with Crippen molar-refractivity contribution in [2.45, 2.75) is 40.7 Å². The van der Waals surface area contributed by atoms with Crippen LogP contribution < -0.4 is 5.32 Å². The van der Waals surface area contributed by atoms with Gasteiger partial charge in [0.25, 0.3) is 5.91 Å². The van der Waals surface area contributed by atoms with E-state index < -0.39 is 0 Å². The van der Waals surface area contributed by atoms with Crippen molar-refractivity contribution in [3.8, 4) is 0 Å². The molecule has 1 aromatic heterocycles. The van der Waals surface area contributed by atoms with Gasteiger partial charge in [-0.05, 0) is 20.8 Å². The maximum atomic E-state index is 11.9. The normalized spacial score (nSPS) is 10.1. The van der Waals surface area contributed by atoms with Crippen LogP contribution in [0.5, 0.6) is 0 Å². The molecule has 100 valence electrons. The predicted octanol–water partition coefficient (Wildman–Crippen LogP) is 4.59. The minimum absolute atomic E-state index is 0.0209. The lowest BCUT2D eigenvalue weighted by Crippen LogP contribution is -2.30. The van der Waals surface area contributed by atoms with Crippen LogP contribution in [0, 0.1) is 0 Å². The lowest BCUT2D eigenvalue weighted by Gasteiger charge is -2.07. The fourth-order valence-electron chi connectivity index (χ4n) is 1.39. The number of allylic oxidation sites excluding steroid dienone is 1. The van der Waals surface area contributed by atoms with E-state index in [0.29, 0.717) is 0 Å². The molecule has 0 saturated carbocycles. The molecule has 0 radical (unpaired) electrons. The van der Waals surface area contributed by atoms with Crippen LogP contribution in [-0.4, -0.2) is 11.9 Å². The van der Waals surface area contributed by atoms with Gasteiger partial charge in [-0.3, -0.25) is 4.79 Å². The quantitative estimate of drug-likeness (QED) is 0.847. The molecule has 1 aromatic rings. The van der Waals surface area contributed by atoms with E-state index in [4.69, 9.17) is 0 Å². The highest BCUT2D eigenvalue weighted by molar-refractivity contribution is 7.11. The molecule has 1 amide bonds. The topological polar surface area (TPSA) is 29.1 Å². The molecule has 3 heteroatoms. The second-order valence-electron chi connectivity index (χ2n) is 3.76. The number of carbonyl (C=O) groups excluding carboxylic acids is 1. The molecule has 0 aromatic carbocycles. The monoisotopic (exact) mass is 265 g/mol. The number of amides is 1. The molecular formula is C15H23NOS. The van der Waals surface area contributed by atoms with Gasteiger partial charge in [-0.25, -0.2) is 0 Å². The third-order valence-electron chi connectivity index (χ3n) is 2.04. The Morgan fingerprint density at radius 3 is 2.50 bits per heavy atom. The van der Waals surface area contributed by atoms with Gasteiger partial charge < -0.3 is 5.32 Å². The summed E-state index contributed by atoms with van der Waals surface area (Å²) in [4.78, 5) is 12.9. The third kappa shape index (κ3) is 4.49. The largest absolute Gasteiger partial charge is 0.350 e. The van der Waals surface area contributed by atoms with Gasteiger partial charge in [-0.2, -0.15) is 0 Å². The Kier molecular flexibility index (Phi) is 8.05. The average molecular weight is 265 g/mol. The summed E-state index contributed by atoms with van der Waals surface area (Å²) in [5, 5.41) is 4.77. The van der Waals surface area contributed by atoms with Gasteiger partial charge in [0.1, 0.15) is 0 Å². The van der Waals surface area contributed by atoms with E-state index in [-0.39, 0.29) is 11.9 Å². The Morgan fingerprint density at radius 2 is 2.06 bits per heavy atom. The van der Waals surface area contributed by atoms with Crippen LogP contribution in [0.3, 0.4) is 0 Å². The molecule has 0 fully saturated rings. The van der Waals surface area contributed by atoms with Gasteiger partial charge in [-0.1, -0.05) is 38.7 Å². The first-order chi connectivity index (χ1) is 8.60. The highest BCUT2D eigenvalue weighted by Gasteiger charge is 2.14. The molecule has 0 aliphatic heterocycles. The highest BCUT2D eigenvalue weighted by atomic mass is 32.1. The van der Waals surface area contributed by atoms with Gasteiger partial charge in [0, 0.05) is 21.9 Å². The number of carbonyl (C=O) groups is 1. The summed E-state index contributed by atoms with van der Waals surface area (Å²) in [5.41, 5.74) is 1.69. The van der Waals surface area contributed by atoms with Crippen molar-refractivity contribution >= 4 is 29.4 Å². The molecule has 0 spiro atoms. The molecule has 0 bridgehead atoms. The van der Waals surface area contributed by atoms with Crippen molar-refractivity contribution in [3.05, 3.63) is 34.0 Å². The van der Waals surface area contributed by atoms with Crippen LogP contribution in [0.25, 0.3) is 12.2 Å². The zero-order chi connectivity index (χ0) is 14.1. The zero-order valence-corrected chi connectivity index (χ0v) is 12.7. The fourth-order valence-corrected chi connectivity index (χ4v) is 2.27. The Labute approximate surface area is 114 Å². The summed E-state index contributed by atoms with van der Waals surface area (Å²) in [7, 11) is 0. The molecule has 1 rings (SSSR count). The van der Waals surface area contributed by atoms with E-state index in [1.54, 1.807) is 17.4 Å². The van der Waals surface area contributed by atoms with Gasteiger partial charge in [-0.15, -0.1) is 11.3 Å². The van der Waals surface area contributed by atoms with Gasteiger partial charge in [0.2, 0.25) is 0 Å². The van der Waals surface area contributed by atoms with Crippen molar-refractivity contribution in [1.29, 1.82) is 0 Å². The van der Waals surface area contributed by atoms with Gasteiger partial charge >= 0.3 is 0 Å². The van der Waals surface area contributed by atoms with E-state index >= 15 is 0 Å². The molecule has 2 nitrogen and oxygen atoms in total. The van der Waals surface area contributed by atoms with E-state index in [2.05, 4.69) is 11.9 Å². The van der Waals surface area contributed by atoms with Crippen LogP contribution in [0.4, 0.5) is 0 Å². The first-order valence-corrected chi connectivity index (χ1v) is 7.15. The maximum Gasteiger partial charge on any atom is 0.252 e. The van der Waals surface area contributed by atoms with Gasteiger partial charge in [0.15, 0.2) is 0 Å². The summed E-state index contributed by atoms with van der Waals surface area (Å²) in [5.74, 6) is -0.0209.